The molecule has 0 unspecified atom stereocenters. The number of likely N-dealkylation sites (tertiary alicyclic amines) is 1. The molecule has 1 aliphatic rings. The SMILES string of the molecule is CC1CCN(CCNc2ccc(N)cc2Cl)CC1. The van der Waals surface area contributed by atoms with E-state index in [0.29, 0.717) is 10.7 Å². The fourth-order valence-corrected chi connectivity index (χ4v) is 2.56. The fraction of sp³-hybridized carbons (Fsp3) is 0.571. The maximum Gasteiger partial charge on any atom is 0.0657 e. The van der Waals surface area contributed by atoms with Gasteiger partial charge in [-0.05, 0) is 50.0 Å². The molecule has 0 amide bonds. The Balaban J connectivity index is 1.75. The Morgan fingerprint density at radius 2 is 2.11 bits per heavy atom. The number of nitrogen functional groups attached to an aromatic ring is 1. The molecule has 0 radical (unpaired) electrons. The third-order valence-corrected chi connectivity index (χ3v) is 3.93. The average Bonchev–Trinajstić information content (AvgIpc) is 2.34. The molecular weight excluding hydrogens is 246 g/mol. The number of anilines is 2. The van der Waals surface area contributed by atoms with Crippen molar-refractivity contribution in [2.45, 2.75) is 19.8 Å². The van der Waals surface area contributed by atoms with Gasteiger partial charge in [0.1, 0.15) is 0 Å². The first-order valence-electron chi connectivity index (χ1n) is 6.66. The summed E-state index contributed by atoms with van der Waals surface area (Å²) in [6.07, 6.45) is 2.64. The van der Waals surface area contributed by atoms with Crippen molar-refractivity contribution in [1.29, 1.82) is 0 Å². The van der Waals surface area contributed by atoms with Crippen molar-refractivity contribution in [3.05, 3.63) is 23.2 Å². The number of nitrogens with zero attached hydrogens (tertiary/aromatic N) is 1. The molecule has 0 aliphatic carbocycles. The van der Waals surface area contributed by atoms with Crippen LogP contribution < -0.4 is 11.1 Å². The van der Waals surface area contributed by atoms with Crippen LogP contribution in [0.5, 0.6) is 0 Å². The van der Waals surface area contributed by atoms with Crippen LogP contribution in [0.2, 0.25) is 5.02 Å². The highest BCUT2D eigenvalue weighted by atomic mass is 35.5. The summed E-state index contributed by atoms with van der Waals surface area (Å²) in [6.45, 7) is 6.78. The van der Waals surface area contributed by atoms with Gasteiger partial charge in [0.2, 0.25) is 0 Å². The summed E-state index contributed by atoms with van der Waals surface area (Å²) < 4.78 is 0. The molecule has 0 spiro atoms. The zero-order valence-electron chi connectivity index (χ0n) is 11.0. The van der Waals surface area contributed by atoms with E-state index in [-0.39, 0.29) is 0 Å². The third-order valence-electron chi connectivity index (χ3n) is 3.61. The van der Waals surface area contributed by atoms with E-state index >= 15 is 0 Å². The number of nitrogens with two attached hydrogens (primary N) is 1. The van der Waals surface area contributed by atoms with E-state index < -0.39 is 0 Å². The van der Waals surface area contributed by atoms with E-state index in [2.05, 4.69) is 17.1 Å². The second-order valence-corrected chi connectivity index (χ2v) is 5.60. The predicted octanol–water partition coefficient (Wildman–Crippen LogP) is 3.07. The zero-order valence-corrected chi connectivity index (χ0v) is 11.7. The van der Waals surface area contributed by atoms with Crippen molar-refractivity contribution in [2.24, 2.45) is 5.92 Å². The Kier molecular flexibility index (Phi) is 4.72. The van der Waals surface area contributed by atoms with Crippen LogP contribution in [0.1, 0.15) is 19.8 Å². The monoisotopic (exact) mass is 267 g/mol. The minimum Gasteiger partial charge on any atom is -0.399 e. The van der Waals surface area contributed by atoms with Crippen LogP contribution in [0.25, 0.3) is 0 Å². The lowest BCUT2D eigenvalue weighted by molar-refractivity contribution is 0.199. The van der Waals surface area contributed by atoms with Crippen LogP contribution in [-0.4, -0.2) is 31.1 Å². The molecular formula is C14H22ClN3. The molecule has 2 rings (SSSR count). The molecule has 4 heteroatoms. The molecule has 18 heavy (non-hydrogen) atoms. The Morgan fingerprint density at radius 1 is 1.39 bits per heavy atom. The standard InChI is InChI=1S/C14H22ClN3/c1-11-4-7-18(8-5-11)9-6-17-14-3-2-12(16)10-13(14)15/h2-3,10-11,17H,4-9,16H2,1H3. The largest absolute Gasteiger partial charge is 0.399 e. The quantitative estimate of drug-likeness (QED) is 0.824. The summed E-state index contributed by atoms with van der Waals surface area (Å²) in [5, 5.41) is 4.07. The minimum atomic E-state index is 0.697. The Bertz CT molecular complexity index is 387. The highest BCUT2D eigenvalue weighted by Crippen LogP contribution is 2.23. The molecule has 1 aromatic carbocycles. The lowest BCUT2D eigenvalue weighted by atomic mass is 9.99. The van der Waals surface area contributed by atoms with Crippen molar-refractivity contribution in [1.82, 2.24) is 4.90 Å². The molecule has 1 heterocycles. The van der Waals surface area contributed by atoms with Crippen LogP contribution in [0.3, 0.4) is 0 Å². The summed E-state index contributed by atoms with van der Waals surface area (Å²) in [6, 6.07) is 5.60. The molecule has 3 N–H and O–H groups in total. The molecule has 100 valence electrons. The van der Waals surface area contributed by atoms with Crippen molar-refractivity contribution in [3.63, 3.8) is 0 Å². The van der Waals surface area contributed by atoms with E-state index in [0.717, 1.165) is 24.7 Å². The van der Waals surface area contributed by atoms with Crippen molar-refractivity contribution in [3.8, 4) is 0 Å². The molecule has 1 aliphatic heterocycles. The number of rotatable bonds is 4. The molecule has 0 aromatic heterocycles. The summed E-state index contributed by atoms with van der Waals surface area (Å²) in [7, 11) is 0. The molecule has 0 bridgehead atoms. The number of nitrogens with one attached hydrogen (secondary N) is 1. The van der Waals surface area contributed by atoms with Gasteiger partial charge in [0, 0.05) is 18.8 Å². The van der Waals surface area contributed by atoms with Gasteiger partial charge < -0.3 is 16.0 Å². The molecule has 0 atom stereocenters. The summed E-state index contributed by atoms with van der Waals surface area (Å²) in [5.74, 6) is 0.890. The highest BCUT2D eigenvalue weighted by molar-refractivity contribution is 6.33. The lowest BCUT2D eigenvalue weighted by Gasteiger charge is -2.30. The van der Waals surface area contributed by atoms with Crippen LogP contribution >= 0.6 is 11.6 Å². The third kappa shape index (κ3) is 3.79. The maximum absolute atomic E-state index is 6.11. The highest BCUT2D eigenvalue weighted by Gasteiger charge is 2.14. The topological polar surface area (TPSA) is 41.3 Å². The maximum atomic E-state index is 6.11. The summed E-state index contributed by atoms with van der Waals surface area (Å²) in [5.41, 5.74) is 7.34. The summed E-state index contributed by atoms with van der Waals surface area (Å²) in [4.78, 5) is 2.51. The lowest BCUT2D eigenvalue weighted by Crippen LogP contribution is -2.36. The van der Waals surface area contributed by atoms with Crippen molar-refractivity contribution >= 4 is 23.0 Å². The van der Waals surface area contributed by atoms with Gasteiger partial charge in [0.25, 0.3) is 0 Å². The minimum absolute atomic E-state index is 0.697. The normalized spacial score (nSPS) is 17.9. The second kappa shape index (κ2) is 6.30. The molecule has 1 saturated heterocycles. The first kappa shape index (κ1) is 13.5. The van der Waals surface area contributed by atoms with Crippen molar-refractivity contribution < 1.29 is 0 Å². The van der Waals surface area contributed by atoms with Crippen molar-refractivity contribution in [2.75, 3.05) is 37.2 Å². The predicted molar refractivity (Wildman–Crippen MR) is 79.2 cm³/mol. The Morgan fingerprint density at radius 3 is 2.78 bits per heavy atom. The van der Waals surface area contributed by atoms with Crippen LogP contribution in [0.4, 0.5) is 11.4 Å². The zero-order chi connectivity index (χ0) is 13.0. The first-order valence-corrected chi connectivity index (χ1v) is 7.04. The van der Waals surface area contributed by atoms with E-state index in [9.17, 15) is 0 Å². The van der Waals surface area contributed by atoms with Gasteiger partial charge in [-0.3, -0.25) is 0 Å². The number of piperidine rings is 1. The van der Waals surface area contributed by atoms with Gasteiger partial charge in [-0.2, -0.15) is 0 Å². The van der Waals surface area contributed by atoms with Gasteiger partial charge in [-0.25, -0.2) is 0 Å². The second-order valence-electron chi connectivity index (χ2n) is 5.19. The number of halogens is 1. The van der Waals surface area contributed by atoms with Gasteiger partial charge >= 0.3 is 0 Å². The molecule has 1 fully saturated rings. The first-order chi connectivity index (χ1) is 8.65. The van der Waals surface area contributed by atoms with Crippen LogP contribution in [0, 0.1) is 5.92 Å². The number of hydrogen-bond donors (Lipinski definition) is 2. The number of hydrogen-bond acceptors (Lipinski definition) is 3. The Hall–Kier alpha value is -0.930. The fourth-order valence-electron chi connectivity index (χ4n) is 2.31. The van der Waals surface area contributed by atoms with Crippen LogP contribution in [-0.2, 0) is 0 Å². The van der Waals surface area contributed by atoms with E-state index in [1.165, 1.54) is 25.9 Å². The van der Waals surface area contributed by atoms with E-state index in [1.807, 2.05) is 12.1 Å². The van der Waals surface area contributed by atoms with Gasteiger partial charge in [-0.15, -0.1) is 0 Å². The van der Waals surface area contributed by atoms with Crippen LogP contribution in [0.15, 0.2) is 18.2 Å². The van der Waals surface area contributed by atoms with Gasteiger partial charge in [0.05, 0.1) is 10.7 Å². The molecule has 3 nitrogen and oxygen atoms in total. The molecule has 0 saturated carbocycles. The van der Waals surface area contributed by atoms with Gasteiger partial charge in [0.15, 0.2) is 0 Å². The summed E-state index contributed by atoms with van der Waals surface area (Å²) >= 11 is 6.11. The van der Waals surface area contributed by atoms with E-state index in [1.54, 1.807) is 6.07 Å². The van der Waals surface area contributed by atoms with Gasteiger partial charge in [-0.1, -0.05) is 18.5 Å². The average molecular weight is 268 g/mol. The number of benzene rings is 1. The van der Waals surface area contributed by atoms with E-state index in [4.69, 9.17) is 17.3 Å². The smallest absolute Gasteiger partial charge is 0.0657 e. The molecule has 1 aromatic rings. The Labute approximate surface area is 114 Å².